The van der Waals surface area contributed by atoms with Gasteiger partial charge in [-0.1, -0.05) is 19.9 Å². The lowest BCUT2D eigenvalue weighted by molar-refractivity contribution is 0.103. The van der Waals surface area contributed by atoms with E-state index in [4.69, 9.17) is 11.5 Å². The van der Waals surface area contributed by atoms with Crippen molar-refractivity contribution in [1.29, 1.82) is 5.26 Å². The molecular formula is C21H18N6OS. The van der Waals surface area contributed by atoms with Crippen LogP contribution in [0.25, 0.3) is 21.1 Å². The maximum atomic E-state index is 13.0. The fourth-order valence-electron chi connectivity index (χ4n) is 3.45. The van der Waals surface area contributed by atoms with E-state index in [2.05, 4.69) is 21.4 Å². The molecule has 0 saturated carbocycles. The third-order valence-corrected chi connectivity index (χ3v) is 5.83. The number of nitrogens with two attached hydrogens (primary N) is 2. The lowest BCUT2D eigenvalue weighted by Gasteiger charge is -2.12. The molecule has 144 valence electrons. The lowest BCUT2D eigenvalue weighted by atomic mass is 9.95. The van der Waals surface area contributed by atoms with Gasteiger partial charge in [0.1, 0.15) is 21.6 Å². The van der Waals surface area contributed by atoms with Gasteiger partial charge in [0.15, 0.2) is 0 Å². The topological polar surface area (TPSA) is 131 Å². The summed E-state index contributed by atoms with van der Waals surface area (Å²) in [6, 6.07) is 11.4. The maximum Gasteiger partial charge on any atom is 0.267 e. The van der Waals surface area contributed by atoms with E-state index in [1.54, 1.807) is 6.20 Å². The summed E-state index contributed by atoms with van der Waals surface area (Å²) in [6.45, 7) is 3.91. The quantitative estimate of drug-likeness (QED) is 0.469. The molecule has 4 rings (SSSR count). The van der Waals surface area contributed by atoms with Crippen LogP contribution in [0.4, 0.5) is 17.2 Å². The van der Waals surface area contributed by atoms with E-state index in [1.165, 1.54) is 11.3 Å². The number of nitrogens with one attached hydrogen (secondary N) is 1. The van der Waals surface area contributed by atoms with Crippen LogP contribution in [-0.2, 0) is 0 Å². The molecule has 3 aromatic heterocycles. The van der Waals surface area contributed by atoms with E-state index >= 15 is 0 Å². The van der Waals surface area contributed by atoms with Gasteiger partial charge in [-0.15, -0.1) is 11.3 Å². The SMILES string of the molecule is CC(C)c1c(C#N)c(N)nc2sc(C(=O)Nc3cccc4ncccc34)c(N)c12. The van der Waals surface area contributed by atoms with Crippen molar-refractivity contribution in [3.8, 4) is 6.07 Å². The van der Waals surface area contributed by atoms with Crippen molar-refractivity contribution in [2.45, 2.75) is 19.8 Å². The molecule has 3 heterocycles. The summed E-state index contributed by atoms with van der Waals surface area (Å²) in [7, 11) is 0. The molecule has 0 aliphatic rings. The maximum absolute atomic E-state index is 13.0. The smallest absolute Gasteiger partial charge is 0.267 e. The van der Waals surface area contributed by atoms with Crippen LogP contribution < -0.4 is 16.8 Å². The molecule has 0 aliphatic carbocycles. The summed E-state index contributed by atoms with van der Waals surface area (Å²) < 4.78 is 0. The molecular weight excluding hydrogens is 384 g/mol. The molecule has 5 N–H and O–H groups in total. The van der Waals surface area contributed by atoms with Crippen molar-refractivity contribution in [2.24, 2.45) is 0 Å². The van der Waals surface area contributed by atoms with Crippen molar-refractivity contribution < 1.29 is 4.79 Å². The van der Waals surface area contributed by atoms with E-state index in [-0.39, 0.29) is 17.6 Å². The van der Waals surface area contributed by atoms with Crippen molar-refractivity contribution in [3.63, 3.8) is 0 Å². The van der Waals surface area contributed by atoms with E-state index in [0.717, 1.165) is 16.5 Å². The predicted octanol–water partition coefficient (Wildman–Crippen LogP) is 4.26. The number of nitriles is 1. The average molecular weight is 402 g/mol. The lowest BCUT2D eigenvalue weighted by Crippen LogP contribution is -2.12. The second kappa shape index (κ2) is 7.04. The Morgan fingerprint density at radius 1 is 1.24 bits per heavy atom. The van der Waals surface area contributed by atoms with Crippen molar-refractivity contribution in [3.05, 3.63) is 52.5 Å². The summed E-state index contributed by atoms with van der Waals surface area (Å²) >= 11 is 1.17. The first-order chi connectivity index (χ1) is 13.9. The monoisotopic (exact) mass is 402 g/mol. The molecule has 0 radical (unpaired) electrons. The number of anilines is 3. The number of amides is 1. The van der Waals surface area contributed by atoms with Crippen LogP contribution >= 0.6 is 11.3 Å². The third kappa shape index (κ3) is 3.02. The Balaban J connectivity index is 1.84. The highest BCUT2D eigenvalue weighted by atomic mass is 32.1. The number of carbonyl (C=O) groups excluding carboxylic acids is 1. The van der Waals surface area contributed by atoms with Crippen molar-refractivity contribution in [1.82, 2.24) is 9.97 Å². The summed E-state index contributed by atoms with van der Waals surface area (Å²) in [5.74, 6) is -0.194. The zero-order chi connectivity index (χ0) is 20.7. The van der Waals surface area contributed by atoms with Gasteiger partial charge in [-0.25, -0.2) is 4.98 Å². The molecule has 0 spiro atoms. The second-order valence-electron chi connectivity index (χ2n) is 6.91. The first kappa shape index (κ1) is 18.7. The molecule has 29 heavy (non-hydrogen) atoms. The van der Waals surface area contributed by atoms with E-state index < -0.39 is 0 Å². The molecule has 8 heteroatoms. The number of hydrogen-bond donors (Lipinski definition) is 3. The van der Waals surface area contributed by atoms with Crippen LogP contribution in [0.1, 0.15) is 40.6 Å². The van der Waals surface area contributed by atoms with E-state index in [0.29, 0.717) is 32.0 Å². The Morgan fingerprint density at radius 2 is 2.03 bits per heavy atom. The van der Waals surface area contributed by atoms with E-state index in [9.17, 15) is 10.1 Å². The number of nitrogens with zero attached hydrogens (tertiary/aromatic N) is 3. The van der Waals surface area contributed by atoms with Crippen LogP contribution in [0.5, 0.6) is 0 Å². The zero-order valence-electron chi connectivity index (χ0n) is 15.9. The minimum Gasteiger partial charge on any atom is -0.397 e. The van der Waals surface area contributed by atoms with Crippen molar-refractivity contribution in [2.75, 3.05) is 16.8 Å². The van der Waals surface area contributed by atoms with Gasteiger partial charge in [-0.2, -0.15) is 5.26 Å². The van der Waals surface area contributed by atoms with Gasteiger partial charge >= 0.3 is 0 Å². The van der Waals surface area contributed by atoms with Gasteiger partial charge in [0.05, 0.1) is 22.5 Å². The minimum absolute atomic E-state index is 0.00518. The standard InChI is InChI=1S/C21H18N6OS/c1-10(2)15-12(9-22)19(24)27-21-16(15)17(23)18(29-21)20(28)26-14-7-3-6-13-11(14)5-4-8-25-13/h3-8,10H,23H2,1-2H3,(H2,24,27)(H,26,28). The van der Waals surface area contributed by atoms with Gasteiger partial charge in [-0.05, 0) is 35.7 Å². The van der Waals surface area contributed by atoms with Gasteiger partial charge < -0.3 is 16.8 Å². The number of carbonyl (C=O) groups is 1. The number of hydrogen-bond acceptors (Lipinski definition) is 7. The van der Waals surface area contributed by atoms with Gasteiger partial charge in [0.2, 0.25) is 0 Å². The highest BCUT2D eigenvalue weighted by Gasteiger charge is 2.24. The number of benzene rings is 1. The number of thiophene rings is 1. The minimum atomic E-state index is -0.339. The molecule has 0 bridgehead atoms. The third-order valence-electron chi connectivity index (χ3n) is 4.73. The molecule has 7 nitrogen and oxygen atoms in total. The van der Waals surface area contributed by atoms with E-state index in [1.807, 2.05) is 44.2 Å². The largest absolute Gasteiger partial charge is 0.397 e. The van der Waals surface area contributed by atoms with Gasteiger partial charge in [0, 0.05) is 17.0 Å². The number of pyridine rings is 2. The molecule has 1 aromatic carbocycles. The molecule has 0 saturated heterocycles. The average Bonchev–Trinajstić information content (AvgIpc) is 3.03. The van der Waals surface area contributed by atoms with Gasteiger partial charge in [-0.3, -0.25) is 9.78 Å². The van der Waals surface area contributed by atoms with Crippen LogP contribution in [0.2, 0.25) is 0 Å². The van der Waals surface area contributed by atoms with Gasteiger partial charge in [0.25, 0.3) is 5.91 Å². The Kier molecular flexibility index (Phi) is 4.53. The van der Waals surface area contributed by atoms with Crippen LogP contribution in [0, 0.1) is 11.3 Å². The Morgan fingerprint density at radius 3 is 2.76 bits per heavy atom. The summed E-state index contributed by atoms with van der Waals surface area (Å²) in [5.41, 5.74) is 15.1. The number of aromatic nitrogens is 2. The molecule has 1 amide bonds. The molecule has 0 aliphatic heterocycles. The fraction of sp³-hybridized carbons (Fsp3) is 0.143. The highest BCUT2D eigenvalue weighted by Crippen LogP contribution is 2.41. The zero-order valence-corrected chi connectivity index (χ0v) is 16.7. The number of rotatable bonds is 3. The first-order valence-electron chi connectivity index (χ1n) is 8.99. The fourth-order valence-corrected chi connectivity index (χ4v) is 4.47. The molecule has 4 aromatic rings. The van der Waals surface area contributed by atoms with Crippen LogP contribution in [0.3, 0.4) is 0 Å². The molecule has 0 fully saturated rings. The Labute approximate surface area is 171 Å². The van der Waals surface area contributed by atoms with Crippen LogP contribution in [-0.4, -0.2) is 15.9 Å². The van der Waals surface area contributed by atoms with Crippen molar-refractivity contribution >= 4 is 55.6 Å². The Hall–Kier alpha value is -3.70. The summed E-state index contributed by atoms with van der Waals surface area (Å²) in [5, 5.41) is 13.9. The normalized spacial score (nSPS) is 11.1. The summed E-state index contributed by atoms with van der Waals surface area (Å²) in [6.07, 6.45) is 1.70. The predicted molar refractivity (Wildman–Crippen MR) is 117 cm³/mol. The number of nitrogen functional groups attached to an aromatic ring is 2. The highest BCUT2D eigenvalue weighted by molar-refractivity contribution is 7.21. The molecule has 0 unspecified atom stereocenters. The summed E-state index contributed by atoms with van der Waals surface area (Å²) in [4.78, 5) is 22.6. The first-order valence-corrected chi connectivity index (χ1v) is 9.80. The van der Waals surface area contributed by atoms with Crippen LogP contribution in [0.15, 0.2) is 36.5 Å². The second-order valence-corrected chi connectivity index (χ2v) is 7.91. The Bertz CT molecular complexity index is 1310. The number of fused-ring (bicyclic) bond motifs is 2. The molecule has 0 atom stereocenters.